The molecule has 0 bridgehead atoms. The van der Waals surface area contributed by atoms with Crippen LogP contribution in [0.5, 0.6) is 0 Å². The Hall–Kier alpha value is -7.42. The van der Waals surface area contributed by atoms with E-state index in [9.17, 15) is 0 Å². The molecule has 0 radical (unpaired) electrons. The monoisotopic (exact) mass is 750 g/mol. The molecule has 2 heteroatoms. The largest absolute Gasteiger partial charge is 0.309 e. The number of para-hydroxylation sites is 3. The van der Waals surface area contributed by atoms with Crippen LogP contribution in [0.2, 0.25) is 0 Å². The Morgan fingerprint density at radius 1 is 0.339 bits per heavy atom. The first kappa shape index (κ1) is 32.6. The van der Waals surface area contributed by atoms with Crippen LogP contribution in [0.4, 0.5) is 0 Å². The van der Waals surface area contributed by atoms with Gasteiger partial charge in [-0.1, -0.05) is 147 Å². The first-order valence-electron chi connectivity index (χ1n) is 20.7. The van der Waals surface area contributed by atoms with Crippen molar-refractivity contribution in [1.29, 1.82) is 0 Å². The second-order valence-electron chi connectivity index (χ2n) is 16.9. The minimum Gasteiger partial charge on any atom is -0.309 e. The maximum atomic E-state index is 2.54. The zero-order chi connectivity index (χ0) is 39.0. The second kappa shape index (κ2) is 11.8. The number of benzene rings is 9. The molecule has 0 fully saturated rings. The molecule has 0 unspecified atom stereocenters. The fourth-order valence-electron chi connectivity index (χ4n) is 10.8. The maximum Gasteiger partial charge on any atom is 0.0620 e. The molecule has 59 heavy (non-hydrogen) atoms. The third-order valence-corrected chi connectivity index (χ3v) is 13.5. The number of nitrogens with zero attached hydrogens (tertiary/aromatic N) is 2. The summed E-state index contributed by atoms with van der Waals surface area (Å²) in [6, 6.07) is 72.5. The van der Waals surface area contributed by atoms with Crippen molar-refractivity contribution in [2.45, 2.75) is 19.3 Å². The van der Waals surface area contributed by atoms with E-state index in [1.807, 2.05) is 0 Å². The van der Waals surface area contributed by atoms with Gasteiger partial charge in [0.2, 0.25) is 0 Å². The van der Waals surface area contributed by atoms with Crippen molar-refractivity contribution in [3.63, 3.8) is 0 Å². The van der Waals surface area contributed by atoms with Gasteiger partial charge in [-0.05, 0) is 116 Å². The maximum absolute atomic E-state index is 2.54. The molecule has 2 nitrogen and oxygen atoms in total. The van der Waals surface area contributed by atoms with Gasteiger partial charge in [-0.3, -0.25) is 0 Å². The molecule has 1 aliphatic carbocycles. The summed E-state index contributed by atoms with van der Waals surface area (Å²) in [7, 11) is 0. The average Bonchev–Trinajstić information content (AvgIpc) is 3.86. The van der Waals surface area contributed by atoms with Crippen molar-refractivity contribution in [3.8, 4) is 67.0 Å². The van der Waals surface area contributed by atoms with Crippen LogP contribution < -0.4 is 0 Å². The lowest BCUT2D eigenvalue weighted by Crippen LogP contribution is -2.14. The SMILES string of the molecule is CC1(C)c2ccccc2-c2c(-c3cc4c5c(c3)c3ccccc3n5-c3ccc(-c5ccc6c(c5)c5ccccc5n6-c5ccccc5)cc3-c3ccccc3-4)cccc21. The van der Waals surface area contributed by atoms with Gasteiger partial charge in [0.05, 0.1) is 27.8 Å². The van der Waals surface area contributed by atoms with E-state index in [1.165, 1.54) is 122 Å². The molecule has 0 N–H and O–H groups in total. The van der Waals surface area contributed by atoms with E-state index in [0.29, 0.717) is 0 Å². The molecule has 0 saturated heterocycles. The van der Waals surface area contributed by atoms with Crippen molar-refractivity contribution >= 4 is 43.6 Å². The summed E-state index contributed by atoms with van der Waals surface area (Å²) in [5.41, 5.74) is 22.7. The van der Waals surface area contributed by atoms with Gasteiger partial charge in [-0.15, -0.1) is 0 Å². The van der Waals surface area contributed by atoms with Crippen LogP contribution in [0.15, 0.2) is 194 Å². The lowest BCUT2D eigenvalue weighted by atomic mass is 9.82. The number of hydrogen-bond donors (Lipinski definition) is 0. The van der Waals surface area contributed by atoms with Gasteiger partial charge in [-0.2, -0.15) is 0 Å². The Labute approximate surface area is 342 Å². The van der Waals surface area contributed by atoms with Crippen molar-refractivity contribution in [3.05, 3.63) is 205 Å². The molecule has 11 aromatic rings. The molecule has 1 aliphatic heterocycles. The Morgan fingerprint density at radius 3 is 1.71 bits per heavy atom. The van der Waals surface area contributed by atoms with Crippen LogP contribution in [0.1, 0.15) is 25.0 Å². The molecule has 0 saturated carbocycles. The third kappa shape index (κ3) is 4.41. The molecule has 0 atom stereocenters. The quantitative estimate of drug-likeness (QED) is 0.170. The van der Waals surface area contributed by atoms with Crippen LogP contribution in [0, 0.1) is 0 Å². The number of hydrogen-bond acceptors (Lipinski definition) is 0. The van der Waals surface area contributed by atoms with E-state index in [-0.39, 0.29) is 5.41 Å². The van der Waals surface area contributed by atoms with Gasteiger partial charge in [-0.25, -0.2) is 0 Å². The van der Waals surface area contributed by atoms with E-state index in [2.05, 4.69) is 217 Å². The number of rotatable bonds is 3. The van der Waals surface area contributed by atoms with Crippen LogP contribution in [-0.2, 0) is 5.41 Å². The molecular formula is C57H38N2. The molecule has 276 valence electrons. The number of fused-ring (bicyclic) bond motifs is 14. The van der Waals surface area contributed by atoms with Gasteiger partial charge in [0.25, 0.3) is 0 Å². The van der Waals surface area contributed by atoms with Crippen molar-refractivity contribution < 1.29 is 0 Å². The zero-order valence-electron chi connectivity index (χ0n) is 32.9. The first-order valence-corrected chi connectivity index (χ1v) is 20.7. The minimum absolute atomic E-state index is 0.0662. The highest BCUT2D eigenvalue weighted by Crippen LogP contribution is 2.54. The first-order chi connectivity index (χ1) is 29.0. The van der Waals surface area contributed by atoms with E-state index in [1.54, 1.807) is 0 Å². The second-order valence-corrected chi connectivity index (χ2v) is 16.9. The lowest BCUT2D eigenvalue weighted by molar-refractivity contribution is 0.660. The summed E-state index contributed by atoms with van der Waals surface area (Å²) >= 11 is 0. The molecule has 2 aliphatic rings. The summed E-state index contributed by atoms with van der Waals surface area (Å²) in [4.78, 5) is 0. The molecular weight excluding hydrogens is 713 g/mol. The van der Waals surface area contributed by atoms with E-state index in [0.717, 1.165) is 0 Å². The smallest absolute Gasteiger partial charge is 0.0620 e. The van der Waals surface area contributed by atoms with Gasteiger partial charge >= 0.3 is 0 Å². The van der Waals surface area contributed by atoms with Crippen LogP contribution in [0.25, 0.3) is 111 Å². The van der Waals surface area contributed by atoms with E-state index >= 15 is 0 Å². The van der Waals surface area contributed by atoms with Crippen molar-refractivity contribution in [2.75, 3.05) is 0 Å². The summed E-state index contributed by atoms with van der Waals surface area (Å²) in [5, 5.41) is 5.07. The zero-order valence-corrected chi connectivity index (χ0v) is 32.9. The Kier molecular flexibility index (Phi) is 6.54. The predicted molar refractivity (Wildman–Crippen MR) is 248 cm³/mol. The van der Waals surface area contributed by atoms with Crippen molar-refractivity contribution in [1.82, 2.24) is 9.13 Å². The van der Waals surface area contributed by atoms with Crippen LogP contribution in [-0.4, -0.2) is 9.13 Å². The van der Waals surface area contributed by atoms with E-state index in [4.69, 9.17) is 0 Å². The Morgan fingerprint density at radius 2 is 0.898 bits per heavy atom. The highest BCUT2D eigenvalue weighted by Gasteiger charge is 2.37. The normalized spacial score (nSPS) is 13.4. The summed E-state index contributed by atoms with van der Waals surface area (Å²) in [6.45, 7) is 4.74. The van der Waals surface area contributed by atoms with Gasteiger partial charge < -0.3 is 9.13 Å². The topological polar surface area (TPSA) is 9.86 Å². The summed E-state index contributed by atoms with van der Waals surface area (Å²) in [6.07, 6.45) is 0. The Bertz CT molecular complexity index is 3580. The van der Waals surface area contributed by atoms with Gasteiger partial charge in [0.15, 0.2) is 0 Å². The highest BCUT2D eigenvalue weighted by molar-refractivity contribution is 6.18. The third-order valence-electron chi connectivity index (χ3n) is 13.5. The van der Waals surface area contributed by atoms with Crippen LogP contribution in [0.3, 0.4) is 0 Å². The van der Waals surface area contributed by atoms with Crippen LogP contribution >= 0.6 is 0 Å². The Balaban J connectivity index is 1.05. The highest BCUT2D eigenvalue weighted by atomic mass is 15.0. The fraction of sp³-hybridized carbons (Fsp3) is 0.0526. The number of aromatic nitrogens is 2. The summed E-state index contributed by atoms with van der Waals surface area (Å²) in [5.74, 6) is 0. The lowest BCUT2D eigenvalue weighted by Gasteiger charge is -2.21. The fourth-order valence-corrected chi connectivity index (χ4v) is 10.8. The average molecular weight is 751 g/mol. The molecule has 0 spiro atoms. The summed E-state index contributed by atoms with van der Waals surface area (Å²) < 4.78 is 4.92. The molecule has 0 amide bonds. The standard InChI is InChI=1S/C57H38N2/c1-57(2)49-23-11-8-21-44(49)55-39(22-14-24-50(55)57)37-33-47-41-18-7-6-17-40(41)45-31-35(28-30-54(45)59-52-26-13-10-20-43(52)48(34-37)56(47)59)36-27-29-53-46(32-36)42-19-9-12-25-51(42)58(53)38-15-4-3-5-16-38/h3-34H,1-2H3. The minimum atomic E-state index is -0.0662. The molecule has 2 aromatic heterocycles. The predicted octanol–water partition coefficient (Wildman–Crippen LogP) is 15.2. The molecule has 9 aromatic carbocycles. The van der Waals surface area contributed by atoms with E-state index < -0.39 is 0 Å². The van der Waals surface area contributed by atoms with Gasteiger partial charge in [0.1, 0.15) is 0 Å². The molecule has 13 rings (SSSR count). The molecule has 3 heterocycles. The van der Waals surface area contributed by atoms with Gasteiger partial charge in [0, 0.05) is 43.8 Å². The van der Waals surface area contributed by atoms with Crippen molar-refractivity contribution in [2.24, 2.45) is 0 Å².